The van der Waals surface area contributed by atoms with Crippen molar-refractivity contribution in [2.75, 3.05) is 27.3 Å². The van der Waals surface area contributed by atoms with E-state index < -0.39 is 0 Å². The monoisotopic (exact) mass is 400 g/mol. The maximum Gasteiger partial charge on any atom is 0.223 e. The maximum atomic E-state index is 12.7. The SMILES string of the molecule is COc1ccc(CN2C(=O)CC[C@@H]3CN(Cc4ccsc4)CC[C@@H]32)cc1OC. The number of methoxy groups -OCH3 is 2. The smallest absolute Gasteiger partial charge is 0.223 e. The molecule has 0 spiro atoms. The number of likely N-dealkylation sites (tertiary alicyclic amines) is 2. The summed E-state index contributed by atoms with van der Waals surface area (Å²) in [5.74, 6) is 2.27. The number of hydrogen-bond donors (Lipinski definition) is 0. The molecular formula is C22H28N2O3S. The van der Waals surface area contributed by atoms with E-state index in [1.54, 1.807) is 25.6 Å². The molecule has 2 aliphatic heterocycles. The van der Waals surface area contributed by atoms with Gasteiger partial charge in [-0.3, -0.25) is 9.69 Å². The van der Waals surface area contributed by atoms with Gasteiger partial charge in [0.1, 0.15) is 0 Å². The number of hydrogen-bond acceptors (Lipinski definition) is 5. The number of nitrogens with zero attached hydrogens (tertiary/aromatic N) is 2. The Morgan fingerprint density at radius 3 is 2.68 bits per heavy atom. The first kappa shape index (κ1) is 19.3. The lowest BCUT2D eigenvalue weighted by Gasteiger charge is -2.47. The van der Waals surface area contributed by atoms with Gasteiger partial charge in [-0.2, -0.15) is 11.3 Å². The summed E-state index contributed by atoms with van der Waals surface area (Å²) >= 11 is 1.76. The van der Waals surface area contributed by atoms with Crippen LogP contribution in [-0.2, 0) is 17.9 Å². The largest absolute Gasteiger partial charge is 0.493 e. The Kier molecular flexibility index (Phi) is 5.87. The normalized spacial score (nSPS) is 22.8. The fourth-order valence-electron chi connectivity index (χ4n) is 4.59. The third kappa shape index (κ3) is 4.03. The van der Waals surface area contributed by atoms with Crippen molar-refractivity contribution in [2.45, 2.75) is 38.4 Å². The van der Waals surface area contributed by atoms with Crippen molar-refractivity contribution in [1.29, 1.82) is 0 Å². The Balaban J connectivity index is 1.45. The van der Waals surface area contributed by atoms with Crippen LogP contribution in [0.3, 0.4) is 0 Å². The van der Waals surface area contributed by atoms with E-state index in [0.717, 1.165) is 43.8 Å². The minimum Gasteiger partial charge on any atom is -0.493 e. The summed E-state index contributed by atoms with van der Waals surface area (Å²) in [5.41, 5.74) is 2.49. The summed E-state index contributed by atoms with van der Waals surface area (Å²) in [4.78, 5) is 17.4. The molecule has 28 heavy (non-hydrogen) atoms. The first-order valence-electron chi connectivity index (χ1n) is 9.91. The van der Waals surface area contributed by atoms with E-state index in [2.05, 4.69) is 26.6 Å². The molecule has 0 saturated carbocycles. The molecule has 0 N–H and O–H groups in total. The number of ether oxygens (including phenoxy) is 2. The zero-order valence-corrected chi connectivity index (χ0v) is 17.4. The third-order valence-electron chi connectivity index (χ3n) is 6.01. The first-order chi connectivity index (χ1) is 13.7. The molecule has 1 aromatic heterocycles. The molecule has 0 bridgehead atoms. The lowest BCUT2D eigenvalue weighted by atomic mass is 9.83. The van der Waals surface area contributed by atoms with E-state index >= 15 is 0 Å². The number of piperidine rings is 2. The van der Waals surface area contributed by atoms with E-state index in [-0.39, 0.29) is 5.91 Å². The lowest BCUT2D eigenvalue weighted by Crippen LogP contribution is -2.55. The van der Waals surface area contributed by atoms with E-state index in [1.807, 2.05) is 18.2 Å². The molecule has 2 aromatic rings. The van der Waals surface area contributed by atoms with Crippen molar-refractivity contribution < 1.29 is 14.3 Å². The number of thiophene rings is 1. The molecule has 0 aliphatic carbocycles. The zero-order chi connectivity index (χ0) is 19.5. The van der Waals surface area contributed by atoms with Gasteiger partial charge in [0.25, 0.3) is 0 Å². The number of carbonyl (C=O) groups is 1. The molecule has 0 unspecified atom stereocenters. The van der Waals surface area contributed by atoms with Gasteiger partial charge in [-0.25, -0.2) is 0 Å². The summed E-state index contributed by atoms with van der Waals surface area (Å²) < 4.78 is 10.8. The van der Waals surface area contributed by atoms with Gasteiger partial charge in [0, 0.05) is 38.6 Å². The summed E-state index contributed by atoms with van der Waals surface area (Å²) in [6.07, 6.45) is 2.71. The van der Waals surface area contributed by atoms with Crippen molar-refractivity contribution in [3.05, 3.63) is 46.2 Å². The molecule has 3 heterocycles. The van der Waals surface area contributed by atoms with E-state index in [1.165, 1.54) is 5.56 Å². The third-order valence-corrected chi connectivity index (χ3v) is 6.75. The molecule has 5 nitrogen and oxygen atoms in total. The molecule has 2 atom stereocenters. The van der Waals surface area contributed by atoms with Crippen LogP contribution in [-0.4, -0.2) is 49.1 Å². The van der Waals surface area contributed by atoms with Gasteiger partial charge in [-0.05, 0) is 58.8 Å². The fraction of sp³-hybridized carbons (Fsp3) is 0.500. The van der Waals surface area contributed by atoms with Crippen LogP contribution in [0.5, 0.6) is 11.5 Å². The van der Waals surface area contributed by atoms with Crippen LogP contribution in [0.25, 0.3) is 0 Å². The van der Waals surface area contributed by atoms with Crippen LogP contribution in [0.1, 0.15) is 30.4 Å². The summed E-state index contributed by atoms with van der Waals surface area (Å²) in [6, 6.07) is 8.49. The highest BCUT2D eigenvalue weighted by molar-refractivity contribution is 7.07. The van der Waals surface area contributed by atoms with Gasteiger partial charge in [0.2, 0.25) is 5.91 Å². The summed E-state index contributed by atoms with van der Waals surface area (Å²) in [5, 5.41) is 4.38. The molecule has 1 aromatic carbocycles. The highest BCUT2D eigenvalue weighted by atomic mass is 32.1. The quantitative estimate of drug-likeness (QED) is 0.740. The summed E-state index contributed by atoms with van der Waals surface area (Å²) in [7, 11) is 3.28. The van der Waals surface area contributed by atoms with E-state index in [0.29, 0.717) is 30.7 Å². The Hall–Kier alpha value is -2.05. The standard InChI is InChI=1S/C22H28N2O3S/c1-26-20-5-3-16(11-21(20)27-2)13-24-19-7-9-23(12-17-8-10-28-15-17)14-18(19)4-6-22(24)25/h3,5,8,10-11,15,18-19H,4,6-7,9,12-14H2,1-2H3/t18-,19+/m1/s1. The van der Waals surface area contributed by atoms with E-state index in [4.69, 9.17) is 9.47 Å². The van der Waals surface area contributed by atoms with Gasteiger partial charge in [-0.15, -0.1) is 0 Å². The zero-order valence-electron chi connectivity index (χ0n) is 16.6. The van der Waals surface area contributed by atoms with Gasteiger partial charge in [0.15, 0.2) is 11.5 Å². The minimum atomic E-state index is 0.280. The highest BCUT2D eigenvalue weighted by Crippen LogP contribution is 2.34. The predicted molar refractivity (Wildman–Crippen MR) is 111 cm³/mol. The molecule has 2 fully saturated rings. The molecule has 4 rings (SSSR count). The average Bonchev–Trinajstić information content (AvgIpc) is 3.23. The lowest BCUT2D eigenvalue weighted by molar-refractivity contribution is -0.142. The topological polar surface area (TPSA) is 42.0 Å². The number of benzene rings is 1. The Morgan fingerprint density at radius 2 is 1.93 bits per heavy atom. The molecule has 2 saturated heterocycles. The highest BCUT2D eigenvalue weighted by Gasteiger charge is 2.39. The first-order valence-corrected chi connectivity index (χ1v) is 10.9. The second-order valence-corrected chi connectivity index (χ2v) is 8.51. The molecular weight excluding hydrogens is 372 g/mol. The second kappa shape index (κ2) is 8.53. The van der Waals surface area contributed by atoms with Gasteiger partial charge in [0.05, 0.1) is 14.2 Å². The second-order valence-electron chi connectivity index (χ2n) is 7.73. The van der Waals surface area contributed by atoms with Crippen LogP contribution in [0, 0.1) is 5.92 Å². The number of amides is 1. The number of carbonyl (C=O) groups excluding carboxylic acids is 1. The van der Waals surface area contributed by atoms with Gasteiger partial charge < -0.3 is 14.4 Å². The van der Waals surface area contributed by atoms with Crippen LogP contribution in [0.15, 0.2) is 35.0 Å². The van der Waals surface area contributed by atoms with E-state index in [9.17, 15) is 4.79 Å². The molecule has 150 valence electrons. The predicted octanol–water partition coefficient (Wildman–Crippen LogP) is 3.78. The molecule has 1 amide bonds. The van der Waals surface area contributed by atoms with Crippen LogP contribution in [0.2, 0.25) is 0 Å². The minimum absolute atomic E-state index is 0.280. The summed E-state index contributed by atoms with van der Waals surface area (Å²) in [6.45, 7) is 3.80. The fourth-order valence-corrected chi connectivity index (χ4v) is 5.25. The number of rotatable bonds is 6. The van der Waals surface area contributed by atoms with Crippen LogP contribution in [0.4, 0.5) is 0 Å². The Morgan fingerprint density at radius 1 is 1.07 bits per heavy atom. The van der Waals surface area contributed by atoms with Crippen LogP contribution >= 0.6 is 11.3 Å². The van der Waals surface area contributed by atoms with Crippen molar-refractivity contribution in [1.82, 2.24) is 9.80 Å². The van der Waals surface area contributed by atoms with Gasteiger partial charge >= 0.3 is 0 Å². The van der Waals surface area contributed by atoms with Crippen molar-refractivity contribution in [3.63, 3.8) is 0 Å². The number of fused-ring (bicyclic) bond motifs is 1. The Bertz CT molecular complexity index is 808. The van der Waals surface area contributed by atoms with Crippen molar-refractivity contribution >= 4 is 17.2 Å². The van der Waals surface area contributed by atoms with Crippen LogP contribution < -0.4 is 9.47 Å². The molecule has 2 aliphatic rings. The van der Waals surface area contributed by atoms with Crippen molar-refractivity contribution in [2.24, 2.45) is 5.92 Å². The average molecular weight is 401 g/mol. The van der Waals surface area contributed by atoms with Gasteiger partial charge in [-0.1, -0.05) is 6.07 Å². The molecule has 0 radical (unpaired) electrons. The van der Waals surface area contributed by atoms with Crippen molar-refractivity contribution in [3.8, 4) is 11.5 Å². The molecule has 6 heteroatoms. The maximum absolute atomic E-state index is 12.7. The Labute approximate surface area is 170 Å².